The number of aliphatic imine (C=N–C) groups is 1. The third-order valence-electron chi connectivity index (χ3n) is 10.7. The molecule has 0 radical (unpaired) electrons. The number of pyridine rings is 1. The van der Waals surface area contributed by atoms with Crippen molar-refractivity contribution >= 4 is 50.8 Å². The zero-order valence-corrected chi connectivity index (χ0v) is 32.7. The minimum atomic E-state index is 0.523. The Morgan fingerprint density at radius 1 is 0.567 bits per heavy atom. The van der Waals surface area contributed by atoms with Crippen LogP contribution in [0.1, 0.15) is 18.2 Å². The summed E-state index contributed by atoms with van der Waals surface area (Å²) in [6.45, 7) is 6.00. The molecule has 60 heavy (non-hydrogen) atoms. The van der Waals surface area contributed by atoms with E-state index in [2.05, 4.69) is 73.2 Å². The molecule has 0 unspecified atom stereocenters. The number of para-hydroxylation sites is 1. The van der Waals surface area contributed by atoms with Crippen molar-refractivity contribution in [3.05, 3.63) is 199 Å². The predicted octanol–water partition coefficient (Wildman–Crippen LogP) is 13.2. The lowest BCUT2D eigenvalue weighted by molar-refractivity contribution is 0.667. The van der Waals surface area contributed by atoms with E-state index in [0.717, 1.165) is 66.2 Å². The molecule has 0 spiro atoms. The predicted molar refractivity (Wildman–Crippen MR) is 245 cm³/mol. The fourth-order valence-electron chi connectivity index (χ4n) is 7.51. The lowest BCUT2D eigenvalue weighted by atomic mass is 10.0. The van der Waals surface area contributed by atoms with E-state index in [0.29, 0.717) is 45.7 Å². The van der Waals surface area contributed by atoms with Crippen molar-refractivity contribution in [3.63, 3.8) is 0 Å². The second-order valence-corrected chi connectivity index (χ2v) is 14.5. The molecule has 0 atom stereocenters. The number of hydrogen-bond donors (Lipinski definition) is 0. The highest BCUT2D eigenvalue weighted by molar-refractivity contribution is 6.08. The molecule has 0 saturated heterocycles. The van der Waals surface area contributed by atoms with Gasteiger partial charge in [-0.3, -0.25) is 9.98 Å². The first kappa shape index (κ1) is 36.2. The third kappa shape index (κ3) is 6.94. The quantitative estimate of drug-likeness (QED) is 0.107. The van der Waals surface area contributed by atoms with Crippen LogP contribution in [0, 0.1) is 0 Å². The molecule has 10 aromatic rings. The monoisotopic (exact) mass is 772 g/mol. The molecule has 4 aromatic heterocycles. The van der Waals surface area contributed by atoms with Gasteiger partial charge in [0.05, 0.1) is 22.8 Å². The van der Waals surface area contributed by atoms with Crippen LogP contribution >= 0.6 is 0 Å². The normalized spacial score (nSPS) is 12.0. The van der Waals surface area contributed by atoms with Crippen molar-refractivity contribution in [2.24, 2.45) is 4.99 Å². The number of fused-ring (bicyclic) bond motifs is 4. The fourth-order valence-corrected chi connectivity index (χ4v) is 7.51. The van der Waals surface area contributed by atoms with E-state index < -0.39 is 0 Å². The summed E-state index contributed by atoms with van der Waals surface area (Å²) in [6.07, 6.45) is 5.86. The Bertz CT molecular complexity index is 3260. The summed E-state index contributed by atoms with van der Waals surface area (Å²) in [7, 11) is 0. The molecule has 0 fully saturated rings. The van der Waals surface area contributed by atoms with Crippen LogP contribution in [0.3, 0.4) is 0 Å². The van der Waals surface area contributed by atoms with Crippen LogP contribution < -0.4 is 0 Å². The first-order valence-electron chi connectivity index (χ1n) is 19.7. The standard InChI is InChI=1S/C53H36N6O/c1-34(35-14-5-3-6-15-35)24-30-44(54-2)46-32-47(45-31-29-40(33-55-45)36-16-7-4-8-17-36)57-52(56-46)39-27-25-38(26-28-39)49-51-50(43-21-11-12-23-48(43)60-51)59-53(58-49)42-22-13-19-37-18-9-10-20-41(37)42/h3-33H,2H2,1H3/b34-24+,44-30-. The van der Waals surface area contributed by atoms with Gasteiger partial charge in [-0.1, -0.05) is 152 Å². The molecule has 4 heterocycles. The van der Waals surface area contributed by atoms with Crippen LogP contribution in [-0.2, 0) is 0 Å². The molecule has 10 rings (SSSR count). The minimum Gasteiger partial charge on any atom is -0.452 e. The van der Waals surface area contributed by atoms with E-state index in [1.165, 1.54) is 0 Å². The number of aromatic nitrogens is 5. The minimum absolute atomic E-state index is 0.523. The van der Waals surface area contributed by atoms with Crippen LogP contribution in [0.5, 0.6) is 0 Å². The molecule has 7 heteroatoms. The van der Waals surface area contributed by atoms with Crippen LogP contribution in [0.15, 0.2) is 198 Å². The maximum Gasteiger partial charge on any atom is 0.180 e. The Morgan fingerprint density at radius 3 is 2.05 bits per heavy atom. The molecule has 6 aromatic carbocycles. The van der Waals surface area contributed by atoms with Crippen molar-refractivity contribution in [3.8, 4) is 56.5 Å². The third-order valence-corrected chi connectivity index (χ3v) is 10.7. The largest absolute Gasteiger partial charge is 0.452 e. The number of rotatable bonds is 9. The van der Waals surface area contributed by atoms with E-state index in [9.17, 15) is 0 Å². The summed E-state index contributed by atoms with van der Waals surface area (Å²) in [5.41, 5.74) is 12.4. The lowest BCUT2D eigenvalue weighted by Crippen LogP contribution is -1.99. The Balaban J connectivity index is 1.09. The molecule has 0 aliphatic heterocycles. The molecule has 0 bridgehead atoms. The summed E-state index contributed by atoms with van der Waals surface area (Å²) in [5.74, 6) is 1.15. The van der Waals surface area contributed by atoms with Gasteiger partial charge >= 0.3 is 0 Å². The van der Waals surface area contributed by atoms with Gasteiger partial charge in [-0.2, -0.15) is 0 Å². The summed E-state index contributed by atoms with van der Waals surface area (Å²) in [6, 6.07) is 57.0. The average molecular weight is 773 g/mol. The van der Waals surface area contributed by atoms with Crippen molar-refractivity contribution in [1.29, 1.82) is 0 Å². The van der Waals surface area contributed by atoms with Crippen molar-refractivity contribution in [1.82, 2.24) is 24.9 Å². The Labute approximate surface area is 346 Å². The molecule has 284 valence electrons. The lowest BCUT2D eigenvalue weighted by Gasteiger charge is -2.11. The number of nitrogens with zero attached hydrogens (tertiary/aromatic N) is 6. The van der Waals surface area contributed by atoms with E-state index in [4.69, 9.17) is 29.3 Å². The van der Waals surface area contributed by atoms with Crippen LogP contribution in [-0.4, -0.2) is 31.6 Å². The van der Waals surface area contributed by atoms with E-state index >= 15 is 0 Å². The van der Waals surface area contributed by atoms with Crippen LogP contribution in [0.4, 0.5) is 0 Å². The van der Waals surface area contributed by atoms with Gasteiger partial charge in [-0.15, -0.1) is 0 Å². The number of furan rings is 1. The number of hydrogen-bond acceptors (Lipinski definition) is 7. The summed E-state index contributed by atoms with van der Waals surface area (Å²) in [4.78, 5) is 29.8. The molecular weight excluding hydrogens is 737 g/mol. The summed E-state index contributed by atoms with van der Waals surface area (Å²) < 4.78 is 6.47. The second kappa shape index (κ2) is 15.6. The maximum absolute atomic E-state index is 6.47. The average Bonchev–Trinajstić information content (AvgIpc) is 3.70. The number of allylic oxidation sites excluding steroid dienone is 3. The molecule has 0 aliphatic rings. The van der Waals surface area contributed by atoms with Crippen molar-refractivity contribution < 1.29 is 4.42 Å². The highest BCUT2D eigenvalue weighted by Crippen LogP contribution is 2.38. The van der Waals surface area contributed by atoms with E-state index in [-0.39, 0.29) is 0 Å². The zero-order valence-electron chi connectivity index (χ0n) is 32.7. The van der Waals surface area contributed by atoms with Crippen LogP contribution in [0.2, 0.25) is 0 Å². The van der Waals surface area contributed by atoms with Gasteiger partial charge in [0, 0.05) is 33.8 Å². The molecule has 0 amide bonds. The fraction of sp³-hybridized carbons (Fsp3) is 0.0189. The van der Waals surface area contributed by atoms with Gasteiger partial charge in [0.1, 0.15) is 16.8 Å². The van der Waals surface area contributed by atoms with E-state index in [1.807, 2.05) is 134 Å². The highest BCUT2D eigenvalue weighted by Gasteiger charge is 2.20. The molecule has 0 saturated carbocycles. The van der Waals surface area contributed by atoms with Gasteiger partial charge < -0.3 is 4.42 Å². The Kier molecular flexibility index (Phi) is 9.44. The first-order valence-corrected chi connectivity index (χ1v) is 19.7. The van der Waals surface area contributed by atoms with Crippen molar-refractivity contribution in [2.45, 2.75) is 6.92 Å². The van der Waals surface area contributed by atoms with Gasteiger partial charge in [0.25, 0.3) is 0 Å². The topological polar surface area (TPSA) is 90.0 Å². The van der Waals surface area contributed by atoms with Gasteiger partial charge in [0.15, 0.2) is 17.2 Å². The van der Waals surface area contributed by atoms with Crippen molar-refractivity contribution in [2.75, 3.05) is 0 Å². The molecule has 7 nitrogen and oxygen atoms in total. The maximum atomic E-state index is 6.47. The smallest absolute Gasteiger partial charge is 0.180 e. The van der Waals surface area contributed by atoms with Gasteiger partial charge in [-0.05, 0) is 71.5 Å². The molecular formula is C53H36N6O. The summed E-state index contributed by atoms with van der Waals surface area (Å²) in [5, 5.41) is 3.14. The Morgan fingerprint density at radius 2 is 1.27 bits per heavy atom. The molecule has 0 N–H and O–H groups in total. The summed E-state index contributed by atoms with van der Waals surface area (Å²) >= 11 is 0. The van der Waals surface area contributed by atoms with Crippen LogP contribution in [0.25, 0.3) is 101 Å². The second-order valence-electron chi connectivity index (χ2n) is 14.5. The van der Waals surface area contributed by atoms with Gasteiger partial charge in [-0.25, -0.2) is 19.9 Å². The first-order chi connectivity index (χ1) is 29.6. The SMILES string of the molecule is C=N/C(=C\C=C(/C)c1ccccc1)c1cc(-c2ccc(-c3ccccc3)cn2)nc(-c2ccc(-c3nc(-c4cccc5ccccc45)nc4c3oc3ccccc34)cc2)n1. The Hall–Kier alpha value is -8.16. The molecule has 0 aliphatic carbocycles. The van der Waals surface area contributed by atoms with Gasteiger partial charge in [0.2, 0.25) is 0 Å². The number of benzene rings is 6. The highest BCUT2D eigenvalue weighted by atomic mass is 16.3. The zero-order chi connectivity index (χ0) is 40.4. The van der Waals surface area contributed by atoms with E-state index in [1.54, 1.807) is 0 Å².